The van der Waals surface area contributed by atoms with Crippen LogP contribution in [0.2, 0.25) is 0 Å². The van der Waals surface area contributed by atoms with Gasteiger partial charge in [-0.3, -0.25) is 9.13 Å². The number of para-hydroxylation sites is 2. The van der Waals surface area contributed by atoms with Crippen LogP contribution in [0.3, 0.4) is 0 Å². The number of tetrazole rings is 2. The van der Waals surface area contributed by atoms with Crippen molar-refractivity contribution in [2.24, 2.45) is 0 Å². The highest BCUT2D eigenvalue weighted by Gasteiger charge is 2.21. The Morgan fingerprint density at radius 2 is 0.909 bits per heavy atom. The van der Waals surface area contributed by atoms with Crippen LogP contribution in [0, 0.1) is 0 Å². The van der Waals surface area contributed by atoms with E-state index < -0.39 is 11.9 Å². The summed E-state index contributed by atoms with van der Waals surface area (Å²) in [5.74, 6) is -0.804. The maximum Gasteiger partial charge on any atom is 0.337 e. The predicted molar refractivity (Wildman–Crippen MR) is 244 cm³/mol. The van der Waals surface area contributed by atoms with Gasteiger partial charge in [0, 0.05) is 11.1 Å². The molecule has 0 bridgehead atoms. The van der Waals surface area contributed by atoms with Crippen molar-refractivity contribution in [3.63, 3.8) is 0 Å². The number of nitrogens with one attached hydrogen (secondary N) is 2. The molecule has 4 aromatic heterocycles. The van der Waals surface area contributed by atoms with Crippen LogP contribution < -0.4 is 9.47 Å². The van der Waals surface area contributed by atoms with Gasteiger partial charge < -0.3 is 19.7 Å². The largest absolute Gasteiger partial charge is 0.478 e. The third kappa shape index (κ3) is 8.52. The molecule has 0 amide bonds. The van der Waals surface area contributed by atoms with Gasteiger partial charge in [0.25, 0.3) is 12.0 Å². The lowest BCUT2D eigenvalue weighted by atomic mass is 9.98. The Balaban J connectivity index is 0.000000166. The molecule has 0 atom stereocenters. The summed E-state index contributed by atoms with van der Waals surface area (Å²) in [6.07, 6.45) is 0. The molecule has 4 N–H and O–H groups in total. The molecule has 6 aromatic carbocycles. The van der Waals surface area contributed by atoms with Crippen LogP contribution in [-0.2, 0) is 13.1 Å². The Morgan fingerprint density at radius 1 is 0.515 bits per heavy atom. The number of fused-ring (bicyclic) bond motifs is 2. The van der Waals surface area contributed by atoms with Gasteiger partial charge in [0.05, 0.1) is 59.5 Å². The summed E-state index contributed by atoms with van der Waals surface area (Å²) in [5, 5.41) is 47.7. The number of nitrogens with zero attached hydrogens (tertiary/aromatic N) is 10. The molecule has 0 spiro atoms. The number of hydrogen-bond donors (Lipinski definition) is 4. The number of aromatic nitrogens is 12. The lowest BCUT2D eigenvalue weighted by Gasteiger charge is -2.12. The first-order valence-electron chi connectivity index (χ1n) is 20.9. The first-order valence-corrected chi connectivity index (χ1v) is 20.9. The minimum Gasteiger partial charge on any atom is -0.478 e. The van der Waals surface area contributed by atoms with Gasteiger partial charge in [-0.05, 0) is 92.3 Å². The van der Waals surface area contributed by atoms with Gasteiger partial charge in [-0.15, -0.1) is 10.2 Å². The quantitative estimate of drug-likeness (QED) is 0.0809. The van der Waals surface area contributed by atoms with Gasteiger partial charge in [-0.2, -0.15) is 9.97 Å². The molecule has 4 heterocycles. The van der Waals surface area contributed by atoms with Crippen molar-refractivity contribution in [3.05, 3.63) is 156 Å². The summed E-state index contributed by atoms with van der Waals surface area (Å²) >= 11 is 0. The molecule has 0 radical (unpaired) electrons. The van der Waals surface area contributed by atoms with Gasteiger partial charge in [-0.1, -0.05) is 109 Å². The van der Waals surface area contributed by atoms with Crippen molar-refractivity contribution in [1.82, 2.24) is 60.4 Å². The standard InChI is InChI=1S/2C24H20N6O3/c2*1-2-33-24-25-20-9-5-8-19(23(31)32)21(20)30(24)14-15-10-12-16(13-11-15)17-6-3-4-7-18(17)22-26-28-29-27-22/h2*3-13H,2,14H2,1H3,(H,31,32)(H,26,27,28,29). The van der Waals surface area contributed by atoms with Crippen molar-refractivity contribution in [2.45, 2.75) is 26.9 Å². The summed E-state index contributed by atoms with van der Waals surface area (Å²) < 4.78 is 15.1. The predicted octanol–water partition coefficient (Wildman–Crippen LogP) is 8.06. The first-order chi connectivity index (χ1) is 32.3. The second-order valence-corrected chi connectivity index (χ2v) is 14.8. The van der Waals surface area contributed by atoms with E-state index in [4.69, 9.17) is 9.47 Å². The number of aromatic carboxylic acids is 2. The average Bonchev–Trinajstić information content (AvgIpc) is 4.19. The second kappa shape index (κ2) is 18.7. The van der Waals surface area contributed by atoms with E-state index in [1.807, 2.05) is 120 Å². The van der Waals surface area contributed by atoms with Crippen LogP contribution in [0.25, 0.3) is 67.1 Å². The molecule has 18 nitrogen and oxygen atoms in total. The molecule has 328 valence electrons. The maximum atomic E-state index is 11.8. The molecule has 0 aliphatic heterocycles. The van der Waals surface area contributed by atoms with Crippen LogP contribution in [0.1, 0.15) is 45.7 Å². The monoisotopic (exact) mass is 880 g/mol. The van der Waals surface area contributed by atoms with E-state index in [0.29, 0.717) is 72.0 Å². The van der Waals surface area contributed by atoms with Crippen LogP contribution in [-0.4, -0.2) is 95.7 Å². The average molecular weight is 881 g/mol. The number of rotatable bonds is 14. The summed E-state index contributed by atoms with van der Waals surface area (Å²) in [7, 11) is 0. The zero-order valence-electron chi connectivity index (χ0n) is 35.5. The van der Waals surface area contributed by atoms with Crippen LogP contribution in [0.5, 0.6) is 12.0 Å². The summed E-state index contributed by atoms with van der Waals surface area (Å²) in [6, 6.07) is 42.8. The number of carbonyl (C=O) groups is 2. The SMILES string of the molecule is CCOc1nc2cccc(C(=O)O)c2n1Cc1ccc(-c2ccccc2-c2nnn[nH]2)cc1.CCOc1nc2cccc(C(=O)O)c2n1Cc1ccc(-c2ccccc2-c2nnn[nH]2)cc1. The Kier molecular flexibility index (Phi) is 12.0. The van der Waals surface area contributed by atoms with Gasteiger partial charge in [-0.25, -0.2) is 19.8 Å². The Morgan fingerprint density at radius 3 is 1.26 bits per heavy atom. The Bertz CT molecular complexity index is 3070. The first kappa shape index (κ1) is 42.3. The molecule has 18 heteroatoms. The molecule has 10 rings (SSSR count). The Labute approximate surface area is 375 Å². The number of aromatic amines is 2. The highest BCUT2D eigenvalue weighted by Crippen LogP contribution is 2.33. The summed E-state index contributed by atoms with van der Waals surface area (Å²) in [5.41, 5.74) is 10.4. The third-order valence-electron chi connectivity index (χ3n) is 10.7. The maximum absolute atomic E-state index is 11.8. The van der Waals surface area contributed by atoms with E-state index in [1.54, 1.807) is 36.4 Å². The van der Waals surface area contributed by atoms with Gasteiger partial charge in [0.15, 0.2) is 11.6 Å². The summed E-state index contributed by atoms with van der Waals surface area (Å²) in [6.45, 7) is 5.44. The second-order valence-electron chi connectivity index (χ2n) is 14.8. The van der Waals surface area contributed by atoms with E-state index in [1.165, 1.54) is 0 Å². The minimum absolute atomic E-state index is 0.192. The molecule has 0 aliphatic carbocycles. The fourth-order valence-corrected chi connectivity index (χ4v) is 7.82. The molecule has 0 unspecified atom stereocenters. The molecular formula is C48H40N12O6. The number of H-pyrrole nitrogens is 2. The topological polar surface area (TPSA) is 238 Å². The van der Waals surface area contributed by atoms with Gasteiger partial charge in [0.1, 0.15) is 0 Å². The third-order valence-corrected chi connectivity index (χ3v) is 10.7. The van der Waals surface area contributed by atoms with Crippen molar-refractivity contribution in [1.29, 1.82) is 0 Å². The van der Waals surface area contributed by atoms with Crippen molar-refractivity contribution >= 4 is 34.0 Å². The minimum atomic E-state index is -1.00. The van der Waals surface area contributed by atoms with E-state index in [2.05, 4.69) is 51.2 Å². The lowest BCUT2D eigenvalue weighted by molar-refractivity contribution is 0.0687. The lowest BCUT2D eigenvalue weighted by Crippen LogP contribution is -2.08. The molecule has 0 saturated heterocycles. The molecule has 0 aliphatic rings. The van der Waals surface area contributed by atoms with Crippen molar-refractivity contribution < 1.29 is 29.3 Å². The van der Waals surface area contributed by atoms with Crippen LogP contribution in [0.4, 0.5) is 0 Å². The van der Waals surface area contributed by atoms with Gasteiger partial charge >= 0.3 is 11.9 Å². The fourth-order valence-electron chi connectivity index (χ4n) is 7.82. The highest BCUT2D eigenvalue weighted by atomic mass is 16.5. The molecule has 0 saturated carbocycles. The number of imidazole rings is 2. The van der Waals surface area contributed by atoms with Crippen molar-refractivity contribution in [2.75, 3.05) is 13.2 Å². The van der Waals surface area contributed by atoms with E-state index in [9.17, 15) is 19.8 Å². The van der Waals surface area contributed by atoms with Crippen molar-refractivity contribution in [3.8, 4) is 57.1 Å². The summed E-state index contributed by atoms with van der Waals surface area (Å²) in [4.78, 5) is 32.6. The van der Waals surface area contributed by atoms with E-state index in [-0.39, 0.29) is 11.1 Å². The number of benzene rings is 6. The van der Waals surface area contributed by atoms with Gasteiger partial charge in [0.2, 0.25) is 0 Å². The van der Waals surface area contributed by atoms with Crippen LogP contribution in [0.15, 0.2) is 133 Å². The molecule has 10 aromatic rings. The Hall–Kier alpha value is -9.06. The zero-order valence-corrected chi connectivity index (χ0v) is 35.5. The zero-order chi connectivity index (χ0) is 45.6. The highest BCUT2D eigenvalue weighted by molar-refractivity contribution is 6.02. The number of carboxylic acid groups (broad SMARTS) is 2. The fraction of sp³-hybridized carbons (Fsp3) is 0.125. The normalized spacial score (nSPS) is 11.1. The van der Waals surface area contributed by atoms with Crippen LogP contribution >= 0.6 is 0 Å². The number of carboxylic acids is 2. The smallest absolute Gasteiger partial charge is 0.337 e. The molecule has 66 heavy (non-hydrogen) atoms. The number of hydrogen-bond acceptors (Lipinski definition) is 12. The number of ether oxygens (including phenoxy) is 2. The van der Waals surface area contributed by atoms with E-state index >= 15 is 0 Å². The van der Waals surface area contributed by atoms with E-state index in [0.717, 1.165) is 44.5 Å². The molecule has 0 fully saturated rings. The molecular weight excluding hydrogens is 841 g/mol.